The van der Waals surface area contributed by atoms with Crippen LogP contribution in [0, 0.1) is 30.4 Å². The van der Waals surface area contributed by atoms with E-state index in [-0.39, 0.29) is 29.7 Å². The van der Waals surface area contributed by atoms with E-state index >= 15 is 8.78 Å². The van der Waals surface area contributed by atoms with Crippen LogP contribution in [-0.2, 0) is 20.6 Å². The number of carbonyl (C=O) groups excluding carboxylic acids is 1. The van der Waals surface area contributed by atoms with Gasteiger partial charge in [-0.2, -0.15) is 10.2 Å². The first-order chi connectivity index (χ1) is 18.7. The van der Waals surface area contributed by atoms with E-state index in [0.717, 1.165) is 24.1 Å². The average Bonchev–Trinajstić information content (AvgIpc) is 3.58. The van der Waals surface area contributed by atoms with Gasteiger partial charge >= 0.3 is 0 Å². The zero-order valence-electron chi connectivity index (χ0n) is 21.5. The molecule has 1 amide bonds. The number of rotatable bonds is 4. The van der Waals surface area contributed by atoms with Gasteiger partial charge in [-0.1, -0.05) is 11.8 Å². The Morgan fingerprint density at radius 1 is 1.13 bits per heavy atom. The maximum atomic E-state index is 15.2. The van der Waals surface area contributed by atoms with Crippen molar-refractivity contribution in [2.24, 2.45) is 14.1 Å². The molecular weight excluding hydrogens is 502 g/mol. The Labute approximate surface area is 222 Å². The molecule has 4 aromatic heterocycles. The average molecular weight is 527 g/mol. The van der Waals surface area contributed by atoms with Crippen molar-refractivity contribution in [3.63, 3.8) is 0 Å². The van der Waals surface area contributed by atoms with Gasteiger partial charge in [-0.15, -0.1) is 0 Å². The third kappa shape index (κ3) is 4.44. The third-order valence-electron chi connectivity index (χ3n) is 6.87. The molecule has 2 N–H and O–H groups in total. The fourth-order valence-corrected chi connectivity index (χ4v) is 4.72. The van der Waals surface area contributed by atoms with E-state index < -0.39 is 17.5 Å². The summed E-state index contributed by atoms with van der Waals surface area (Å²) in [4.78, 5) is 23.6. The second-order valence-electron chi connectivity index (χ2n) is 9.75. The first-order valence-corrected chi connectivity index (χ1v) is 12.4. The summed E-state index contributed by atoms with van der Waals surface area (Å²) in [6, 6.07) is 3.85. The molecule has 196 valence electrons. The number of nitrogens with two attached hydrogens (primary N) is 1. The first kappa shape index (κ1) is 24.5. The minimum Gasteiger partial charge on any atom is -0.383 e. The van der Waals surface area contributed by atoms with E-state index in [0.29, 0.717) is 27.4 Å². The summed E-state index contributed by atoms with van der Waals surface area (Å²) in [5.74, 6) is 4.27. The van der Waals surface area contributed by atoms with Crippen molar-refractivity contribution in [3.8, 4) is 11.8 Å². The van der Waals surface area contributed by atoms with E-state index in [4.69, 9.17) is 5.73 Å². The number of aryl methyl sites for hydroxylation is 3. The van der Waals surface area contributed by atoms with Crippen LogP contribution in [0.3, 0.4) is 0 Å². The van der Waals surface area contributed by atoms with Gasteiger partial charge in [-0.3, -0.25) is 19.1 Å². The fraction of sp³-hybridized carbons (Fsp3) is 0.250. The summed E-state index contributed by atoms with van der Waals surface area (Å²) in [5, 5.41) is 9.64. The number of pyridine rings is 2. The van der Waals surface area contributed by atoms with E-state index in [1.807, 2.05) is 6.92 Å². The van der Waals surface area contributed by atoms with Gasteiger partial charge < -0.3 is 10.6 Å². The Bertz CT molecular complexity index is 1860. The Morgan fingerprint density at radius 3 is 2.62 bits per heavy atom. The molecule has 5 aromatic rings. The molecule has 4 heterocycles. The normalized spacial score (nSPS) is 13.1. The number of amides is 1. The van der Waals surface area contributed by atoms with Crippen LogP contribution in [0.4, 0.5) is 14.6 Å². The van der Waals surface area contributed by atoms with E-state index in [9.17, 15) is 4.79 Å². The zero-order valence-corrected chi connectivity index (χ0v) is 21.5. The lowest BCUT2D eigenvalue weighted by atomic mass is 10.1. The number of anilines is 1. The summed E-state index contributed by atoms with van der Waals surface area (Å²) in [6.45, 7) is 1.75. The Kier molecular flexibility index (Phi) is 5.75. The van der Waals surface area contributed by atoms with E-state index in [2.05, 4.69) is 32.0 Å². The molecule has 1 aliphatic carbocycles. The minimum atomic E-state index is -0.726. The number of nitrogen functional groups attached to an aromatic ring is 1. The minimum absolute atomic E-state index is 0.0861. The number of carbonyl (C=O) groups is 1. The van der Waals surface area contributed by atoms with Gasteiger partial charge in [0, 0.05) is 49.5 Å². The number of halogens is 2. The standard InChI is InChI=1S/C28H24F2N8O/c1-15-17(13-36(2)35-15)5-4-16-8-23(30)25(32-11-16)14-38(18-6-7-18)28(39)19-9-20-24(10-22(19)29)34-27(31)21-12-33-37(3)26(20)21/h8-13,18H,6-7,14H2,1-3H3,(H2,31,34). The SMILES string of the molecule is Cc1nn(C)cc1C#Cc1cnc(CN(C(=O)c2cc3c(cc2F)nc(N)c2cnn(C)c23)C2CC2)c(F)c1. The summed E-state index contributed by atoms with van der Waals surface area (Å²) < 4.78 is 33.6. The van der Waals surface area contributed by atoms with Gasteiger partial charge in [-0.25, -0.2) is 13.8 Å². The molecule has 11 heteroatoms. The molecular formula is C28H24F2N8O. The molecule has 0 bridgehead atoms. The first-order valence-electron chi connectivity index (χ1n) is 12.4. The van der Waals surface area contributed by atoms with Crippen molar-refractivity contribution in [2.75, 3.05) is 5.73 Å². The lowest BCUT2D eigenvalue weighted by Gasteiger charge is -2.23. The highest BCUT2D eigenvalue weighted by Crippen LogP contribution is 2.33. The molecule has 9 nitrogen and oxygen atoms in total. The molecule has 6 rings (SSSR count). The number of benzene rings is 1. The molecule has 0 saturated heterocycles. The van der Waals surface area contributed by atoms with Crippen molar-refractivity contribution in [1.29, 1.82) is 0 Å². The van der Waals surface area contributed by atoms with Gasteiger partial charge in [0.1, 0.15) is 17.5 Å². The smallest absolute Gasteiger partial charge is 0.257 e. The fourth-order valence-electron chi connectivity index (χ4n) is 4.72. The monoisotopic (exact) mass is 526 g/mol. The van der Waals surface area contributed by atoms with Crippen LogP contribution in [0.5, 0.6) is 0 Å². The van der Waals surface area contributed by atoms with Gasteiger partial charge in [0.2, 0.25) is 0 Å². The second-order valence-corrected chi connectivity index (χ2v) is 9.75. The van der Waals surface area contributed by atoms with Gasteiger partial charge in [-0.05, 0) is 31.9 Å². The molecule has 39 heavy (non-hydrogen) atoms. The number of hydrogen-bond acceptors (Lipinski definition) is 6. The summed E-state index contributed by atoms with van der Waals surface area (Å²) in [5.41, 5.74) is 8.88. The second kappa shape index (κ2) is 9.16. The number of fused-ring (bicyclic) bond motifs is 3. The quantitative estimate of drug-likeness (QED) is 0.359. The highest BCUT2D eigenvalue weighted by molar-refractivity contribution is 6.10. The highest BCUT2D eigenvalue weighted by Gasteiger charge is 2.35. The molecule has 1 aromatic carbocycles. The van der Waals surface area contributed by atoms with Crippen molar-refractivity contribution >= 4 is 33.5 Å². The number of hydrogen-bond donors (Lipinski definition) is 1. The van der Waals surface area contributed by atoms with Crippen LogP contribution < -0.4 is 5.73 Å². The van der Waals surface area contributed by atoms with Crippen LogP contribution >= 0.6 is 0 Å². The summed E-state index contributed by atoms with van der Waals surface area (Å²) in [7, 11) is 3.54. The Balaban J connectivity index is 1.32. The van der Waals surface area contributed by atoms with Crippen molar-refractivity contribution in [2.45, 2.75) is 32.4 Å². The lowest BCUT2D eigenvalue weighted by molar-refractivity contribution is 0.0721. The largest absolute Gasteiger partial charge is 0.383 e. The van der Waals surface area contributed by atoms with Crippen molar-refractivity contribution in [1.82, 2.24) is 34.4 Å². The molecule has 1 fully saturated rings. The Morgan fingerprint density at radius 2 is 1.92 bits per heavy atom. The topological polar surface area (TPSA) is 108 Å². The third-order valence-corrected chi connectivity index (χ3v) is 6.87. The Hall–Kier alpha value is -4.85. The molecule has 0 spiro atoms. The van der Waals surface area contributed by atoms with Crippen LogP contribution in [0.1, 0.15) is 45.7 Å². The highest BCUT2D eigenvalue weighted by atomic mass is 19.1. The summed E-state index contributed by atoms with van der Waals surface area (Å²) in [6.07, 6.45) is 6.34. The van der Waals surface area contributed by atoms with Gasteiger partial charge in [0.15, 0.2) is 0 Å². The van der Waals surface area contributed by atoms with Crippen molar-refractivity contribution < 1.29 is 13.6 Å². The number of nitrogens with zero attached hydrogens (tertiary/aromatic N) is 7. The van der Waals surface area contributed by atoms with E-state index in [1.165, 1.54) is 29.3 Å². The molecule has 0 atom stereocenters. The molecule has 0 unspecified atom stereocenters. The maximum absolute atomic E-state index is 15.2. The van der Waals surface area contributed by atoms with Crippen LogP contribution in [0.25, 0.3) is 21.8 Å². The predicted molar refractivity (Wildman–Crippen MR) is 141 cm³/mol. The van der Waals surface area contributed by atoms with Crippen LogP contribution in [-0.4, -0.2) is 46.4 Å². The molecule has 1 aliphatic rings. The van der Waals surface area contributed by atoms with Crippen LogP contribution in [0.15, 0.2) is 36.8 Å². The van der Waals surface area contributed by atoms with Gasteiger partial charge in [0.25, 0.3) is 5.91 Å². The molecule has 1 saturated carbocycles. The predicted octanol–water partition coefficient (Wildman–Crippen LogP) is 3.62. The number of aromatic nitrogens is 6. The van der Waals surface area contributed by atoms with Gasteiger partial charge in [0.05, 0.1) is 51.7 Å². The lowest BCUT2D eigenvalue weighted by Crippen LogP contribution is -2.34. The van der Waals surface area contributed by atoms with Crippen molar-refractivity contribution in [3.05, 3.63) is 76.5 Å². The molecule has 0 aliphatic heterocycles. The maximum Gasteiger partial charge on any atom is 0.257 e. The molecule has 0 radical (unpaired) electrons. The zero-order chi connectivity index (χ0) is 27.4. The van der Waals surface area contributed by atoms with E-state index in [1.54, 1.807) is 35.9 Å². The summed E-state index contributed by atoms with van der Waals surface area (Å²) >= 11 is 0. The van der Waals surface area contributed by atoms with Crippen LogP contribution in [0.2, 0.25) is 0 Å².